The van der Waals surface area contributed by atoms with E-state index in [1.807, 2.05) is 0 Å². The van der Waals surface area contributed by atoms with Crippen molar-refractivity contribution in [3.05, 3.63) is 35.4 Å². The van der Waals surface area contributed by atoms with Crippen molar-refractivity contribution < 1.29 is 4.74 Å². The Balaban J connectivity index is 0.00000180. The van der Waals surface area contributed by atoms with Crippen molar-refractivity contribution in [1.29, 1.82) is 0 Å². The number of hydrogen-bond acceptors (Lipinski definition) is 3. The molecule has 1 aromatic rings. The summed E-state index contributed by atoms with van der Waals surface area (Å²) in [5, 5.41) is 3.37. The van der Waals surface area contributed by atoms with Crippen LogP contribution in [0.5, 0.6) is 0 Å². The lowest BCUT2D eigenvalue weighted by atomic mass is 10.0. The first-order valence-corrected chi connectivity index (χ1v) is 6.78. The molecule has 0 spiro atoms. The zero-order chi connectivity index (χ0) is 12.8. The molecule has 3 nitrogen and oxygen atoms in total. The first-order chi connectivity index (χ1) is 8.81. The highest BCUT2D eigenvalue weighted by Crippen LogP contribution is 2.14. The highest BCUT2D eigenvalue weighted by molar-refractivity contribution is 5.85. The molecule has 1 fully saturated rings. The summed E-state index contributed by atoms with van der Waals surface area (Å²) in [5.41, 5.74) is 2.66. The molecule has 1 saturated heterocycles. The van der Waals surface area contributed by atoms with Crippen LogP contribution in [0.15, 0.2) is 24.3 Å². The van der Waals surface area contributed by atoms with E-state index in [-0.39, 0.29) is 12.4 Å². The molecule has 4 heteroatoms. The van der Waals surface area contributed by atoms with E-state index in [0.29, 0.717) is 12.6 Å². The summed E-state index contributed by atoms with van der Waals surface area (Å²) in [6, 6.07) is 9.43. The highest BCUT2D eigenvalue weighted by Gasteiger charge is 2.17. The van der Waals surface area contributed by atoms with Gasteiger partial charge >= 0.3 is 0 Å². The van der Waals surface area contributed by atoms with Crippen LogP contribution >= 0.6 is 12.4 Å². The fraction of sp³-hybridized carbons (Fsp3) is 0.600. The van der Waals surface area contributed by atoms with Crippen LogP contribution in [0.3, 0.4) is 0 Å². The number of hydrogen-bond donors (Lipinski definition) is 1. The van der Waals surface area contributed by atoms with Gasteiger partial charge in [0.25, 0.3) is 0 Å². The lowest BCUT2D eigenvalue weighted by molar-refractivity contribution is 0.183. The van der Waals surface area contributed by atoms with Crippen molar-refractivity contribution in [1.82, 2.24) is 10.2 Å². The number of piperidine rings is 1. The van der Waals surface area contributed by atoms with Crippen molar-refractivity contribution in [3.63, 3.8) is 0 Å². The summed E-state index contributed by atoms with van der Waals surface area (Å²) in [4.78, 5) is 2.54. The number of benzene rings is 1. The number of rotatable bonds is 5. The van der Waals surface area contributed by atoms with Crippen molar-refractivity contribution >= 4 is 12.4 Å². The zero-order valence-corrected chi connectivity index (χ0v) is 12.7. The van der Waals surface area contributed by atoms with E-state index in [2.05, 4.69) is 41.5 Å². The van der Waals surface area contributed by atoms with Crippen LogP contribution in [-0.2, 0) is 17.9 Å². The molecule has 0 saturated carbocycles. The number of nitrogens with one attached hydrogen (secondary N) is 1. The normalized spacial score (nSPS) is 17.2. The molecule has 1 aliphatic heterocycles. The predicted octanol–water partition coefficient (Wildman–Crippen LogP) is 2.44. The Bertz CT molecular complexity index is 365. The third-order valence-corrected chi connectivity index (χ3v) is 3.70. The molecule has 0 aliphatic carbocycles. The van der Waals surface area contributed by atoms with Crippen LogP contribution in [0, 0.1) is 0 Å². The molecule has 0 amide bonds. The van der Waals surface area contributed by atoms with Gasteiger partial charge in [-0.05, 0) is 44.1 Å². The van der Waals surface area contributed by atoms with E-state index in [1.54, 1.807) is 7.11 Å². The monoisotopic (exact) mass is 284 g/mol. The van der Waals surface area contributed by atoms with Gasteiger partial charge in [-0.2, -0.15) is 0 Å². The summed E-state index contributed by atoms with van der Waals surface area (Å²) in [6.45, 7) is 4.16. The standard InChI is InChI=1S/C15H24N2O.ClH/c1-16-15-6-8-17(9-7-15)11-13-4-3-5-14(10-13)12-18-2;/h3-5,10,15-16H,6-9,11-12H2,1-2H3;1H. The Kier molecular flexibility index (Phi) is 7.39. The molecule has 1 aliphatic rings. The second-order valence-electron chi connectivity index (χ2n) is 5.09. The van der Waals surface area contributed by atoms with E-state index in [1.165, 1.54) is 37.1 Å². The minimum absolute atomic E-state index is 0. The van der Waals surface area contributed by atoms with Gasteiger partial charge in [0, 0.05) is 19.7 Å². The Morgan fingerprint density at radius 3 is 2.58 bits per heavy atom. The summed E-state index contributed by atoms with van der Waals surface area (Å²) >= 11 is 0. The highest BCUT2D eigenvalue weighted by atomic mass is 35.5. The van der Waals surface area contributed by atoms with Gasteiger partial charge in [-0.25, -0.2) is 0 Å². The van der Waals surface area contributed by atoms with E-state index in [4.69, 9.17) is 4.74 Å². The fourth-order valence-electron chi connectivity index (χ4n) is 2.62. The third kappa shape index (κ3) is 5.11. The maximum atomic E-state index is 5.18. The van der Waals surface area contributed by atoms with E-state index >= 15 is 0 Å². The minimum atomic E-state index is 0. The molecule has 1 aromatic carbocycles. The third-order valence-electron chi connectivity index (χ3n) is 3.70. The molecule has 0 aromatic heterocycles. The van der Waals surface area contributed by atoms with Crippen LogP contribution in [0.4, 0.5) is 0 Å². The van der Waals surface area contributed by atoms with Crippen molar-refractivity contribution in [3.8, 4) is 0 Å². The molecule has 0 atom stereocenters. The van der Waals surface area contributed by atoms with Gasteiger partial charge in [0.1, 0.15) is 0 Å². The summed E-state index contributed by atoms with van der Waals surface area (Å²) < 4.78 is 5.18. The number of nitrogens with zero attached hydrogens (tertiary/aromatic N) is 1. The summed E-state index contributed by atoms with van der Waals surface area (Å²) in [7, 11) is 3.81. The lowest BCUT2D eigenvalue weighted by Gasteiger charge is -2.31. The fourth-order valence-corrected chi connectivity index (χ4v) is 2.62. The Morgan fingerprint density at radius 1 is 1.26 bits per heavy atom. The van der Waals surface area contributed by atoms with E-state index in [9.17, 15) is 0 Å². The molecule has 19 heavy (non-hydrogen) atoms. The van der Waals surface area contributed by atoms with Crippen molar-refractivity contribution in [2.24, 2.45) is 0 Å². The first-order valence-electron chi connectivity index (χ1n) is 6.78. The van der Waals surface area contributed by atoms with Crippen molar-refractivity contribution in [2.75, 3.05) is 27.2 Å². The SMILES string of the molecule is CNC1CCN(Cc2cccc(COC)c2)CC1.Cl. The second kappa shape index (κ2) is 8.54. The summed E-state index contributed by atoms with van der Waals surface area (Å²) in [6.07, 6.45) is 2.52. The molecule has 0 radical (unpaired) electrons. The summed E-state index contributed by atoms with van der Waals surface area (Å²) in [5.74, 6) is 0. The van der Waals surface area contributed by atoms with Crippen LogP contribution < -0.4 is 5.32 Å². The quantitative estimate of drug-likeness (QED) is 0.899. The average molecular weight is 285 g/mol. The van der Waals surface area contributed by atoms with Gasteiger partial charge in [-0.15, -0.1) is 12.4 Å². The molecular formula is C15H25ClN2O. The average Bonchev–Trinajstić information content (AvgIpc) is 2.40. The van der Waals surface area contributed by atoms with Crippen molar-refractivity contribution in [2.45, 2.75) is 32.0 Å². The minimum Gasteiger partial charge on any atom is -0.380 e. The molecule has 0 bridgehead atoms. The van der Waals surface area contributed by atoms with E-state index in [0.717, 1.165) is 6.54 Å². The second-order valence-corrected chi connectivity index (χ2v) is 5.09. The Hall–Kier alpha value is -0.610. The van der Waals surface area contributed by atoms with Crippen LogP contribution in [-0.4, -0.2) is 38.2 Å². The van der Waals surface area contributed by atoms with Crippen LogP contribution in [0.2, 0.25) is 0 Å². The molecule has 1 heterocycles. The smallest absolute Gasteiger partial charge is 0.0713 e. The molecule has 108 valence electrons. The van der Waals surface area contributed by atoms with Gasteiger partial charge in [-0.1, -0.05) is 24.3 Å². The number of ether oxygens (including phenoxy) is 1. The van der Waals surface area contributed by atoms with Gasteiger partial charge in [0.2, 0.25) is 0 Å². The molecule has 1 N–H and O–H groups in total. The van der Waals surface area contributed by atoms with E-state index < -0.39 is 0 Å². The van der Waals surface area contributed by atoms with Gasteiger partial charge in [0.15, 0.2) is 0 Å². The van der Waals surface area contributed by atoms with Crippen LogP contribution in [0.1, 0.15) is 24.0 Å². The number of methoxy groups -OCH3 is 1. The Morgan fingerprint density at radius 2 is 1.95 bits per heavy atom. The zero-order valence-electron chi connectivity index (χ0n) is 11.9. The van der Waals surface area contributed by atoms with Crippen LogP contribution in [0.25, 0.3) is 0 Å². The topological polar surface area (TPSA) is 24.5 Å². The molecule has 0 unspecified atom stereocenters. The van der Waals surface area contributed by atoms with Gasteiger partial charge in [0.05, 0.1) is 6.61 Å². The van der Waals surface area contributed by atoms with Gasteiger partial charge < -0.3 is 10.1 Å². The maximum absolute atomic E-state index is 5.18. The number of halogens is 1. The number of likely N-dealkylation sites (tertiary alicyclic amines) is 1. The van der Waals surface area contributed by atoms with Gasteiger partial charge in [-0.3, -0.25) is 4.90 Å². The Labute approximate surface area is 122 Å². The predicted molar refractivity (Wildman–Crippen MR) is 81.8 cm³/mol. The lowest BCUT2D eigenvalue weighted by Crippen LogP contribution is -2.40. The largest absolute Gasteiger partial charge is 0.380 e. The molecular weight excluding hydrogens is 260 g/mol. The maximum Gasteiger partial charge on any atom is 0.0713 e. The first kappa shape index (κ1) is 16.4. The molecule has 2 rings (SSSR count).